The van der Waals surface area contributed by atoms with Crippen molar-refractivity contribution in [3.05, 3.63) is 0 Å². The molecule has 0 spiro atoms. The van der Waals surface area contributed by atoms with Crippen LogP contribution in [0.15, 0.2) is 0 Å². The van der Waals surface area contributed by atoms with Crippen LogP contribution >= 0.6 is 0 Å². The van der Waals surface area contributed by atoms with Crippen LogP contribution in [-0.4, -0.2) is 54.9 Å². The molecule has 1 aliphatic heterocycles. The normalized spacial score (nSPS) is 20.5. The molecule has 1 fully saturated rings. The minimum Gasteiger partial charge on any atom is -0.480 e. The van der Waals surface area contributed by atoms with Gasteiger partial charge >= 0.3 is 5.97 Å². The molecule has 0 aliphatic carbocycles. The van der Waals surface area contributed by atoms with Crippen molar-refractivity contribution in [2.75, 3.05) is 24.6 Å². The van der Waals surface area contributed by atoms with E-state index >= 15 is 0 Å². The number of carboxylic acids is 1. The topological polar surface area (TPSA) is 91.8 Å². The van der Waals surface area contributed by atoms with Crippen molar-refractivity contribution in [1.29, 1.82) is 0 Å². The van der Waals surface area contributed by atoms with Gasteiger partial charge in [0.2, 0.25) is 5.91 Å². The lowest BCUT2D eigenvalue weighted by atomic mass is 9.92. The van der Waals surface area contributed by atoms with Crippen LogP contribution in [0, 0.1) is 5.41 Å². The summed E-state index contributed by atoms with van der Waals surface area (Å²) in [5.41, 5.74) is -1.50. The molecule has 0 aromatic rings. The van der Waals surface area contributed by atoms with Crippen molar-refractivity contribution < 1.29 is 23.1 Å². The van der Waals surface area contributed by atoms with Crippen LogP contribution in [0.4, 0.5) is 0 Å². The number of carbonyl (C=O) groups is 2. The maximum Gasteiger partial charge on any atom is 0.318 e. The summed E-state index contributed by atoms with van der Waals surface area (Å²) >= 11 is 0. The molecule has 0 bridgehead atoms. The SMILES string of the molecule is CC(C)(C(=O)O)C(=O)N1CCS(=O)(=O)CC1. The molecule has 0 saturated carbocycles. The van der Waals surface area contributed by atoms with E-state index in [0.29, 0.717) is 0 Å². The number of hydrogen-bond acceptors (Lipinski definition) is 4. The zero-order valence-electron chi connectivity index (χ0n) is 9.26. The lowest BCUT2D eigenvalue weighted by molar-refractivity contribution is -0.158. The predicted molar refractivity (Wildman–Crippen MR) is 56.7 cm³/mol. The van der Waals surface area contributed by atoms with Crippen molar-refractivity contribution in [3.63, 3.8) is 0 Å². The number of carboxylic acid groups (broad SMARTS) is 1. The number of rotatable bonds is 2. The Morgan fingerprint density at radius 1 is 1.19 bits per heavy atom. The summed E-state index contributed by atoms with van der Waals surface area (Å²) in [5, 5.41) is 8.88. The average molecular weight is 249 g/mol. The molecule has 7 heteroatoms. The first-order chi connectivity index (χ1) is 7.17. The largest absolute Gasteiger partial charge is 0.480 e. The zero-order valence-corrected chi connectivity index (χ0v) is 10.1. The molecule has 6 nitrogen and oxygen atoms in total. The molecule has 1 N–H and O–H groups in total. The first-order valence-corrected chi connectivity index (χ1v) is 6.72. The Balaban J connectivity index is 2.75. The highest BCUT2D eigenvalue weighted by atomic mass is 32.2. The maximum absolute atomic E-state index is 11.8. The van der Waals surface area contributed by atoms with Gasteiger partial charge in [-0.15, -0.1) is 0 Å². The Morgan fingerprint density at radius 2 is 1.62 bits per heavy atom. The van der Waals surface area contributed by atoms with Crippen LogP contribution in [0.5, 0.6) is 0 Å². The highest BCUT2D eigenvalue weighted by Gasteiger charge is 2.40. The van der Waals surface area contributed by atoms with Gasteiger partial charge in [-0.2, -0.15) is 0 Å². The fourth-order valence-corrected chi connectivity index (χ4v) is 2.60. The molecular weight excluding hydrogens is 234 g/mol. The Kier molecular flexibility index (Phi) is 3.27. The predicted octanol–water partition coefficient (Wildman–Crippen LogP) is -0.646. The molecule has 1 rings (SSSR count). The van der Waals surface area contributed by atoms with Crippen LogP contribution in [0.3, 0.4) is 0 Å². The summed E-state index contributed by atoms with van der Waals surface area (Å²) in [6.07, 6.45) is 0. The van der Waals surface area contributed by atoms with Crippen molar-refractivity contribution in [3.8, 4) is 0 Å². The molecule has 0 atom stereocenters. The van der Waals surface area contributed by atoms with Gasteiger partial charge in [0.25, 0.3) is 0 Å². The van der Waals surface area contributed by atoms with Crippen LogP contribution in [0.1, 0.15) is 13.8 Å². The van der Waals surface area contributed by atoms with E-state index in [1.54, 1.807) is 0 Å². The van der Waals surface area contributed by atoms with Gasteiger partial charge in [0.1, 0.15) is 5.41 Å². The molecule has 1 amide bonds. The van der Waals surface area contributed by atoms with Crippen LogP contribution in [0.2, 0.25) is 0 Å². The van der Waals surface area contributed by atoms with Gasteiger partial charge in [-0.25, -0.2) is 8.42 Å². The Bertz CT molecular complexity index is 398. The molecule has 1 saturated heterocycles. The molecule has 1 heterocycles. The number of nitrogens with zero attached hydrogens (tertiary/aromatic N) is 1. The van der Waals surface area contributed by atoms with E-state index in [1.165, 1.54) is 18.7 Å². The molecule has 0 aromatic heterocycles. The van der Waals surface area contributed by atoms with Gasteiger partial charge in [-0.3, -0.25) is 9.59 Å². The minimum atomic E-state index is -3.06. The zero-order chi connectivity index (χ0) is 12.6. The Labute approximate surface area is 94.2 Å². The first-order valence-electron chi connectivity index (χ1n) is 4.90. The van der Waals surface area contributed by atoms with Crippen LogP contribution in [0.25, 0.3) is 0 Å². The third-order valence-corrected chi connectivity index (χ3v) is 4.31. The molecule has 16 heavy (non-hydrogen) atoms. The summed E-state index contributed by atoms with van der Waals surface area (Å²) in [5.74, 6) is -1.91. The Hall–Kier alpha value is -1.11. The molecule has 1 aliphatic rings. The van der Waals surface area contributed by atoms with Gasteiger partial charge in [-0.05, 0) is 13.8 Å². The van der Waals surface area contributed by atoms with E-state index in [9.17, 15) is 18.0 Å². The second kappa shape index (κ2) is 4.04. The fraction of sp³-hybridized carbons (Fsp3) is 0.778. The molecule has 0 radical (unpaired) electrons. The average Bonchev–Trinajstić information content (AvgIpc) is 2.16. The second-order valence-corrected chi connectivity index (χ2v) is 6.68. The van der Waals surface area contributed by atoms with Gasteiger partial charge in [0.05, 0.1) is 11.5 Å². The summed E-state index contributed by atoms with van der Waals surface area (Å²) in [6, 6.07) is 0. The molecular formula is C9H15NO5S. The monoisotopic (exact) mass is 249 g/mol. The lowest BCUT2D eigenvalue weighted by Gasteiger charge is -2.31. The minimum absolute atomic E-state index is 0.0812. The van der Waals surface area contributed by atoms with Crippen molar-refractivity contribution in [1.82, 2.24) is 4.90 Å². The van der Waals surface area contributed by atoms with Crippen LogP contribution < -0.4 is 0 Å². The van der Waals surface area contributed by atoms with E-state index < -0.39 is 27.1 Å². The third kappa shape index (κ3) is 2.52. The molecule has 92 valence electrons. The summed E-state index contributed by atoms with van der Waals surface area (Å²) < 4.78 is 22.3. The second-order valence-electron chi connectivity index (χ2n) is 4.37. The molecule has 0 unspecified atom stereocenters. The van der Waals surface area contributed by atoms with Gasteiger partial charge < -0.3 is 10.0 Å². The highest BCUT2D eigenvalue weighted by molar-refractivity contribution is 7.91. The number of sulfone groups is 1. The smallest absolute Gasteiger partial charge is 0.318 e. The van der Waals surface area contributed by atoms with E-state index in [2.05, 4.69) is 0 Å². The van der Waals surface area contributed by atoms with Gasteiger partial charge in [0, 0.05) is 13.1 Å². The molecule has 0 aromatic carbocycles. The fourth-order valence-electron chi connectivity index (χ4n) is 1.40. The summed E-state index contributed by atoms with van der Waals surface area (Å²) in [6.45, 7) is 2.80. The van der Waals surface area contributed by atoms with Crippen molar-refractivity contribution >= 4 is 21.7 Å². The number of amides is 1. The van der Waals surface area contributed by atoms with Gasteiger partial charge in [-0.1, -0.05) is 0 Å². The van der Waals surface area contributed by atoms with E-state index in [0.717, 1.165) is 0 Å². The number of carbonyl (C=O) groups excluding carboxylic acids is 1. The quantitative estimate of drug-likeness (QED) is 0.657. The standard InChI is InChI=1S/C9H15NO5S/c1-9(2,8(12)13)7(11)10-3-5-16(14,15)6-4-10/h3-6H2,1-2H3,(H,12,13). The summed E-state index contributed by atoms with van der Waals surface area (Å²) in [7, 11) is -3.06. The van der Waals surface area contributed by atoms with Crippen LogP contribution in [-0.2, 0) is 19.4 Å². The van der Waals surface area contributed by atoms with E-state index in [4.69, 9.17) is 5.11 Å². The van der Waals surface area contributed by atoms with E-state index in [-0.39, 0.29) is 24.6 Å². The first kappa shape index (κ1) is 13.0. The van der Waals surface area contributed by atoms with Crippen molar-refractivity contribution in [2.24, 2.45) is 5.41 Å². The maximum atomic E-state index is 11.8. The Morgan fingerprint density at radius 3 is 2.00 bits per heavy atom. The summed E-state index contributed by atoms with van der Waals surface area (Å²) in [4.78, 5) is 24.0. The lowest BCUT2D eigenvalue weighted by Crippen LogP contribution is -2.50. The number of hydrogen-bond donors (Lipinski definition) is 1. The van der Waals surface area contributed by atoms with Crippen molar-refractivity contribution in [2.45, 2.75) is 13.8 Å². The highest BCUT2D eigenvalue weighted by Crippen LogP contribution is 2.20. The van der Waals surface area contributed by atoms with Gasteiger partial charge in [0.15, 0.2) is 9.84 Å². The number of aliphatic carboxylic acids is 1. The third-order valence-electron chi connectivity index (χ3n) is 2.70. The van der Waals surface area contributed by atoms with E-state index in [1.807, 2.05) is 0 Å².